The van der Waals surface area contributed by atoms with Crippen molar-refractivity contribution < 1.29 is 17.6 Å². The van der Waals surface area contributed by atoms with Crippen molar-refractivity contribution in [3.63, 3.8) is 0 Å². The molecular weight excluding hydrogens is 491 g/mol. The third kappa shape index (κ3) is 4.38. The first-order chi connectivity index (χ1) is 14.3. The summed E-state index contributed by atoms with van der Waals surface area (Å²) >= 11 is 4.72. The Kier molecular flexibility index (Phi) is 5.86. The van der Waals surface area contributed by atoms with Crippen LogP contribution in [-0.4, -0.2) is 20.1 Å². The van der Waals surface area contributed by atoms with Crippen LogP contribution in [0.3, 0.4) is 0 Å². The highest BCUT2D eigenvalue weighted by atomic mass is 79.9. The fraction of sp³-hybridized carbons (Fsp3) is 0.0952. The molecule has 0 spiro atoms. The number of rotatable bonds is 5. The lowest BCUT2D eigenvalue weighted by atomic mass is 10.1. The normalized spacial score (nSPS) is 16.7. The summed E-state index contributed by atoms with van der Waals surface area (Å²) in [6, 6.07) is 19.0. The first kappa shape index (κ1) is 20.9. The lowest BCUT2D eigenvalue weighted by Crippen LogP contribution is -2.27. The third-order valence-corrected chi connectivity index (χ3v) is 7.66. The summed E-state index contributed by atoms with van der Waals surface area (Å²) < 4.78 is 42.0. The van der Waals surface area contributed by atoms with E-state index in [-0.39, 0.29) is 27.7 Å². The smallest absolute Gasteiger partial charge is 0.261 e. The second kappa shape index (κ2) is 8.41. The van der Waals surface area contributed by atoms with Crippen LogP contribution in [-0.2, 0) is 14.8 Å². The molecule has 3 aromatic rings. The molecule has 1 fully saturated rings. The summed E-state index contributed by atoms with van der Waals surface area (Å²) in [6.07, 6.45) is 0. The van der Waals surface area contributed by atoms with Crippen molar-refractivity contribution in [2.45, 2.75) is 10.3 Å². The molecule has 1 N–H and O–H groups in total. The summed E-state index contributed by atoms with van der Waals surface area (Å²) in [6.45, 7) is 0. The van der Waals surface area contributed by atoms with Gasteiger partial charge in [0.05, 0.1) is 10.6 Å². The van der Waals surface area contributed by atoms with Crippen LogP contribution >= 0.6 is 27.7 Å². The van der Waals surface area contributed by atoms with Gasteiger partial charge in [-0.3, -0.25) is 14.4 Å². The summed E-state index contributed by atoms with van der Waals surface area (Å²) in [4.78, 5) is 14.2. The lowest BCUT2D eigenvalue weighted by Gasteiger charge is -2.24. The maximum absolute atomic E-state index is 13.3. The van der Waals surface area contributed by atoms with Gasteiger partial charge >= 0.3 is 0 Å². The molecular formula is C21H16BrFN2O3S2. The molecule has 0 radical (unpaired) electrons. The first-order valence-electron chi connectivity index (χ1n) is 8.91. The molecule has 9 heteroatoms. The van der Waals surface area contributed by atoms with E-state index in [1.165, 1.54) is 36.0 Å². The minimum atomic E-state index is -3.75. The van der Waals surface area contributed by atoms with Gasteiger partial charge < -0.3 is 0 Å². The maximum atomic E-state index is 13.3. The quantitative estimate of drug-likeness (QED) is 0.518. The Hall–Kier alpha value is -2.36. The molecule has 1 amide bonds. The van der Waals surface area contributed by atoms with Crippen molar-refractivity contribution >= 4 is 55.0 Å². The molecule has 1 heterocycles. The van der Waals surface area contributed by atoms with Gasteiger partial charge in [-0.2, -0.15) is 0 Å². The number of benzene rings is 3. The van der Waals surface area contributed by atoms with Crippen molar-refractivity contribution in [1.29, 1.82) is 0 Å². The van der Waals surface area contributed by atoms with Crippen LogP contribution in [0.25, 0.3) is 0 Å². The van der Waals surface area contributed by atoms with Crippen LogP contribution in [0.5, 0.6) is 0 Å². The summed E-state index contributed by atoms with van der Waals surface area (Å²) in [5.41, 5.74) is 1.76. The number of thioether (sulfide) groups is 1. The average molecular weight is 507 g/mol. The molecule has 30 heavy (non-hydrogen) atoms. The zero-order valence-electron chi connectivity index (χ0n) is 15.5. The number of sulfonamides is 1. The molecule has 0 bridgehead atoms. The Balaban J connectivity index is 1.62. The number of anilines is 2. The van der Waals surface area contributed by atoms with Gasteiger partial charge in [0, 0.05) is 15.8 Å². The van der Waals surface area contributed by atoms with Crippen LogP contribution in [0.2, 0.25) is 0 Å². The van der Waals surface area contributed by atoms with Gasteiger partial charge in [-0.05, 0) is 66.2 Å². The van der Waals surface area contributed by atoms with Crippen molar-refractivity contribution in [3.8, 4) is 0 Å². The van der Waals surface area contributed by atoms with Crippen molar-refractivity contribution in [3.05, 3.63) is 88.6 Å². The Labute approximate surface area is 186 Å². The van der Waals surface area contributed by atoms with Gasteiger partial charge in [-0.15, -0.1) is 11.8 Å². The summed E-state index contributed by atoms with van der Waals surface area (Å²) in [5, 5.41) is -0.333. The number of carbonyl (C=O) groups is 1. The third-order valence-electron chi connectivity index (χ3n) is 4.52. The maximum Gasteiger partial charge on any atom is 0.261 e. The minimum Gasteiger partial charge on any atom is -0.295 e. The van der Waals surface area contributed by atoms with E-state index in [0.717, 1.165) is 10.0 Å². The summed E-state index contributed by atoms with van der Waals surface area (Å²) in [5.74, 6) is -0.173. The Morgan fingerprint density at radius 2 is 1.73 bits per heavy atom. The molecule has 4 rings (SSSR count). The molecule has 0 aromatic heterocycles. The average Bonchev–Trinajstić information content (AvgIpc) is 3.10. The Morgan fingerprint density at radius 3 is 2.43 bits per heavy atom. The number of hydrogen-bond acceptors (Lipinski definition) is 4. The molecule has 1 aliphatic heterocycles. The molecule has 1 aliphatic rings. The zero-order valence-corrected chi connectivity index (χ0v) is 18.7. The van der Waals surface area contributed by atoms with Gasteiger partial charge in [0.15, 0.2) is 0 Å². The van der Waals surface area contributed by atoms with Gasteiger partial charge in [0.25, 0.3) is 10.0 Å². The number of nitrogens with one attached hydrogen (secondary N) is 1. The van der Waals surface area contributed by atoms with Gasteiger partial charge in [-0.25, -0.2) is 12.8 Å². The number of hydrogen-bond donors (Lipinski definition) is 1. The summed E-state index contributed by atoms with van der Waals surface area (Å²) in [7, 11) is -3.75. The highest BCUT2D eigenvalue weighted by Gasteiger charge is 2.34. The molecule has 5 nitrogen and oxygen atoms in total. The van der Waals surface area contributed by atoms with Crippen LogP contribution < -0.4 is 9.62 Å². The van der Waals surface area contributed by atoms with E-state index in [1.54, 1.807) is 47.4 Å². The predicted molar refractivity (Wildman–Crippen MR) is 120 cm³/mol. The van der Waals surface area contributed by atoms with Crippen molar-refractivity contribution in [1.82, 2.24) is 0 Å². The second-order valence-corrected chi connectivity index (χ2v) is 10.3. The molecule has 0 aliphatic carbocycles. The molecule has 3 aromatic carbocycles. The Bertz CT molecular complexity index is 1190. The predicted octanol–water partition coefficient (Wildman–Crippen LogP) is 5.17. The van der Waals surface area contributed by atoms with E-state index in [4.69, 9.17) is 0 Å². The van der Waals surface area contributed by atoms with Gasteiger partial charge in [0.1, 0.15) is 11.2 Å². The Morgan fingerprint density at radius 1 is 1.03 bits per heavy atom. The lowest BCUT2D eigenvalue weighted by molar-refractivity contribution is -0.115. The number of halogens is 2. The zero-order chi connectivity index (χ0) is 21.3. The van der Waals surface area contributed by atoms with Crippen molar-refractivity contribution in [2.75, 3.05) is 15.4 Å². The molecule has 1 atom stereocenters. The molecule has 1 saturated heterocycles. The van der Waals surface area contributed by atoms with Crippen LogP contribution in [0.15, 0.2) is 82.2 Å². The fourth-order valence-corrected chi connectivity index (χ4v) is 5.62. The minimum absolute atomic E-state index is 0.0857. The fourth-order valence-electron chi connectivity index (χ4n) is 3.14. The largest absolute Gasteiger partial charge is 0.295 e. The highest BCUT2D eigenvalue weighted by molar-refractivity contribution is 9.10. The van der Waals surface area contributed by atoms with Crippen molar-refractivity contribution in [2.24, 2.45) is 0 Å². The van der Waals surface area contributed by atoms with E-state index in [9.17, 15) is 17.6 Å². The van der Waals surface area contributed by atoms with Crippen LogP contribution in [0.1, 0.15) is 10.9 Å². The van der Waals surface area contributed by atoms with E-state index in [1.807, 2.05) is 6.07 Å². The number of nitrogens with zero attached hydrogens (tertiary/aromatic N) is 1. The SMILES string of the molecule is O=C1CSC(c2cccc(NS(=O)(=O)c3ccc(Br)cc3)c2)N1c1ccc(F)cc1. The highest BCUT2D eigenvalue weighted by Crippen LogP contribution is 2.42. The van der Waals surface area contributed by atoms with E-state index in [0.29, 0.717) is 11.4 Å². The monoisotopic (exact) mass is 506 g/mol. The van der Waals surface area contributed by atoms with E-state index >= 15 is 0 Å². The molecule has 154 valence electrons. The van der Waals surface area contributed by atoms with E-state index in [2.05, 4.69) is 20.7 Å². The first-order valence-corrected chi connectivity index (χ1v) is 12.2. The second-order valence-electron chi connectivity index (χ2n) is 6.59. The standard InChI is InChI=1S/C21H16BrFN2O3S2/c22-15-4-10-19(11-5-15)30(27,28)24-17-3-1-2-14(12-17)21-25(20(26)13-29-21)18-8-6-16(23)7-9-18/h1-12,21,24H,13H2. The number of amides is 1. The topological polar surface area (TPSA) is 66.5 Å². The van der Waals surface area contributed by atoms with Crippen LogP contribution in [0.4, 0.5) is 15.8 Å². The molecule has 0 saturated carbocycles. The molecule has 1 unspecified atom stereocenters. The van der Waals surface area contributed by atoms with Crippen LogP contribution in [0, 0.1) is 5.82 Å². The van der Waals surface area contributed by atoms with Gasteiger partial charge in [0.2, 0.25) is 5.91 Å². The van der Waals surface area contributed by atoms with Gasteiger partial charge in [-0.1, -0.05) is 28.1 Å². The van der Waals surface area contributed by atoms with E-state index < -0.39 is 10.0 Å². The number of carbonyl (C=O) groups excluding carboxylic acids is 1.